The summed E-state index contributed by atoms with van der Waals surface area (Å²) in [6.45, 7) is 1.61. The quantitative estimate of drug-likeness (QED) is 0.584. The van der Waals surface area contributed by atoms with E-state index in [0.29, 0.717) is 16.0 Å². The second kappa shape index (κ2) is 5.61. The lowest BCUT2D eigenvalue weighted by atomic mass is 10.2. The molecule has 3 rings (SSSR count). The van der Waals surface area contributed by atoms with Crippen molar-refractivity contribution in [2.24, 2.45) is 0 Å². The SMILES string of the molecule is Cc1nc2sccc2c(=O)n1NC(=O)c1ccc([N+](=O)[O-])cc1. The van der Waals surface area contributed by atoms with Gasteiger partial charge in [0.15, 0.2) is 0 Å². The van der Waals surface area contributed by atoms with Gasteiger partial charge in [-0.25, -0.2) is 9.66 Å². The highest BCUT2D eigenvalue weighted by molar-refractivity contribution is 7.16. The van der Waals surface area contributed by atoms with Gasteiger partial charge in [-0.05, 0) is 30.5 Å². The number of carbonyl (C=O) groups is 1. The van der Waals surface area contributed by atoms with E-state index >= 15 is 0 Å². The average molecular weight is 330 g/mol. The average Bonchev–Trinajstić information content (AvgIpc) is 2.99. The Kier molecular flexibility index (Phi) is 3.62. The maximum absolute atomic E-state index is 12.3. The maximum Gasteiger partial charge on any atom is 0.281 e. The Hall–Kier alpha value is -3.07. The van der Waals surface area contributed by atoms with E-state index in [2.05, 4.69) is 10.4 Å². The number of nitrogens with one attached hydrogen (secondary N) is 1. The number of carbonyl (C=O) groups excluding carboxylic acids is 1. The van der Waals surface area contributed by atoms with Gasteiger partial charge in [0.05, 0.1) is 10.3 Å². The molecule has 2 heterocycles. The first-order valence-corrected chi connectivity index (χ1v) is 7.38. The van der Waals surface area contributed by atoms with Crippen molar-refractivity contribution in [3.63, 3.8) is 0 Å². The number of benzene rings is 1. The Labute approximate surface area is 133 Å². The molecule has 0 bridgehead atoms. The van der Waals surface area contributed by atoms with Gasteiger partial charge in [-0.1, -0.05) is 0 Å². The summed E-state index contributed by atoms with van der Waals surface area (Å²) in [7, 11) is 0. The Morgan fingerprint density at radius 3 is 2.65 bits per heavy atom. The second-order valence-corrected chi connectivity index (χ2v) is 5.58. The number of fused-ring (bicyclic) bond motifs is 1. The number of non-ortho nitro benzene ring substituents is 1. The fourth-order valence-corrected chi connectivity index (χ4v) is 2.85. The molecule has 0 aliphatic carbocycles. The van der Waals surface area contributed by atoms with Crippen LogP contribution < -0.4 is 11.0 Å². The van der Waals surface area contributed by atoms with Gasteiger partial charge in [0, 0.05) is 17.7 Å². The van der Waals surface area contributed by atoms with E-state index in [1.165, 1.54) is 35.6 Å². The minimum atomic E-state index is -0.554. The van der Waals surface area contributed by atoms with Crippen molar-refractivity contribution in [1.82, 2.24) is 9.66 Å². The van der Waals surface area contributed by atoms with Gasteiger partial charge < -0.3 is 0 Å². The van der Waals surface area contributed by atoms with E-state index in [1.54, 1.807) is 18.4 Å². The second-order valence-electron chi connectivity index (χ2n) is 4.68. The lowest BCUT2D eigenvalue weighted by molar-refractivity contribution is -0.384. The number of nitro benzene ring substituents is 1. The zero-order valence-electron chi connectivity index (χ0n) is 11.8. The normalized spacial score (nSPS) is 10.7. The van der Waals surface area contributed by atoms with Crippen LogP contribution in [-0.4, -0.2) is 20.5 Å². The molecule has 9 heteroatoms. The first-order chi connectivity index (χ1) is 11.0. The van der Waals surface area contributed by atoms with E-state index < -0.39 is 10.8 Å². The maximum atomic E-state index is 12.3. The predicted octanol–water partition coefficient (Wildman–Crippen LogP) is 2.06. The van der Waals surface area contributed by atoms with E-state index in [0.717, 1.165) is 4.68 Å². The van der Waals surface area contributed by atoms with Crippen LogP contribution in [0.4, 0.5) is 5.69 Å². The summed E-state index contributed by atoms with van der Waals surface area (Å²) in [6.07, 6.45) is 0. The smallest absolute Gasteiger partial charge is 0.267 e. The molecule has 23 heavy (non-hydrogen) atoms. The third-order valence-electron chi connectivity index (χ3n) is 3.22. The van der Waals surface area contributed by atoms with Gasteiger partial charge in [-0.2, -0.15) is 0 Å². The third kappa shape index (κ3) is 2.69. The zero-order chi connectivity index (χ0) is 16.6. The van der Waals surface area contributed by atoms with E-state index in [9.17, 15) is 19.7 Å². The van der Waals surface area contributed by atoms with E-state index in [4.69, 9.17) is 0 Å². The van der Waals surface area contributed by atoms with Crippen LogP contribution in [0.3, 0.4) is 0 Å². The first kappa shape index (κ1) is 14.9. The number of rotatable bonds is 3. The number of aromatic nitrogens is 2. The van der Waals surface area contributed by atoms with Crippen LogP contribution in [0.2, 0.25) is 0 Å². The Morgan fingerprint density at radius 1 is 1.30 bits per heavy atom. The molecule has 1 amide bonds. The summed E-state index contributed by atoms with van der Waals surface area (Å²) in [6, 6.07) is 6.74. The molecule has 2 aromatic heterocycles. The molecule has 3 aromatic rings. The van der Waals surface area contributed by atoms with Crippen LogP contribution in [0.25, 0.3) is 10.2 Å². The number of hydrogen-bond acceptors (Lipinski definition) is 6. The van der Waals surface area contributed by atoms with Crippen molar-refractivity contribution in [1.29, 1.82) is 0 Å². The topological polar surface area (TPSA) is 107 Å². The van der Waals surface area contributed by atoms with Gasteiger partial charge in [0.1, 0.15) is 10.7 Å². The Bertz CT molecular complexity index is 975. The highest BCUT2D eigenvalue weighted by Crippen LogP contribution is 2.15. The third-order valence-corrected chi connectivity index (χ3v) is 4.03. The molecule has 0 radical (unpaired) electrons. The minimum absolute atomic E-state index is 0.115. The summed E-state index contributed by atoms with van der Waals surface area (Å²) in [5, 5.41) is 12.8. The summed E-state index contributed by atoms with van der Waals surface area (Å²) >= 11 is 1.34. The fraction of sp³-hybridized carbons (Fsp3) is 0.0714. The molecule has 0 saturated carbocycles. The molecular formula is C14H10N4O4S. The predicted molar refractivity (Wildman–Crippen MR) is 85.4 cm³/mol. The Balaban J connectivity index is 1.93. The number of aryl methyl sites for hydroxylation is 1. The molecule has 0 spiro atoms. The number of nitrogens with zero attached hydrogens (tertiary/aromatic N) is 3. The molecule has 0 fully saturated rings. The van der Waals surface area contributed by atoms with Gasteiger partial charge in [-0.3, -0.25) is 25.1 Å². The van der Waals surface area contributed by atoms with Crippen molar-refractivity contribution >= 4 is 33.1 Å². The minimum Gasteiger partial charge on any atom is -0.267 e. The number of amides is 1. The van der Waals surface area contributed by atoms with Gasteiger partial charge in [-0.15, -0.1) is 11.3 Å². The van der Waals surface area contributed by atoms with Gasteiger partial charge >= 0.3 is 0 Å². The van der Waals surface area contributed by atoms with Crippen molar-refractivity contribution < 1.29 is 9.72 Å². The van der Waals surface area contributed by atoms with Crippen LogP contribution in [0.1, 0.15) is 16.2 Å². The van der Waals surface area contributed by atoms with Crippen LogP contribution in [0.5, 0.6) is 0 Å². The summed E-state index contributed by atoms with van der Waals surface area (Å²) in [5.74, 6) is -0.207. The molecule has 1 aromatic carbocycles. The summed E-state index contributed by atoms with van der Waals surface area (Å²) in [5.41, 5.74) is 2.18. The highest BCUT2D eigenvalue weighted by Gasteiger charge is 2.14. The van der Waals surface area contributed by atoms with Gasteiger partial charge in [0.25, 0.3) is 17.2 Å². The van der Waals surface area contributed by atoms with E-state index in [1.807, 2.05) is 0 Å². The van der Waals surface area contributed by atoms with Crippen LogP contribution in [-0.2, 0) is 0 Å². The standard InChI is InChI=1S/C14H10N4O4S/c1-8-15-13-11(6-7-23-13)14(20)17(8)16-12(19)9-2-4-10(5-3-9)18(21)22/h2-7H,1H3,(H,16,19). The molecule has 0 atom stereocenters. The fourth-order valence-electron chi connectivity index (χ4n) is 2.05. The summed E-state index contributed by atoms with van der Waals surface area (Å²) < 4.78 is 1.07. The largest absolute Gasteiger partial charge is 0.281 e. The molecule has 0 saturated heterocycles. The van der Waals surface area contributed by atoms with Crippen LogP contribution in [0.15, 0.2) is 40.5 Å². The lowest BCUT2D eigenvalue weighted by Crippen LogP contribution is -2.35. The van der Waals surface area contributed by atoms with Crippen molar-refractivity contribution in [2.45, 2.75) is 6.92 Å². The monoisotopic (exact) mass is 330 g/mol. The van der Waals surface area contributed by atoms with Crippen LogP contribution >= 0.6 is 11.3 Å². The van der Waals surface area contributed by atoms with E-state index in [-0.39, 0.29) is 16.8 Å². The van der Waals surface area contributed by atoms with Gasteiger partial charge in [0.2, 0.25) is 0 Å². The summed E-state index contributed by atoms with van der Waals surface area (Å²) in [4.78, 5) is 39.5. The molecule has 0 unspecified atom stereocenters. The molecular weight excluding hydrogens is 320 g/mol. The number of hydrogen-bond donors (Lipinski definition) is 1. The van der Waals surface area contributed by atoms with Crippen molar-refractivity contribution in [3.8, 4) is 0 Å². The first-order valence-electron chi connectivity index (χ1n) is 6.50. The molecule has 1 N–H and O–H groups in total. The molecule has 116 valence electrons. The number of nitro groups is 1. The molecule has 0 aliphatic rings. The molecule has 8 nitrogen and oxygen atoms in total. The van der Waals surface area contributed by atoms with Crippen molar-refractivity contribution in [2.75, 3.05) is 5.43 Å². The number of thiophene rings is 1. The zero-order valence-corrected chi connectivity index (χ0v) is 12.7. The lowest BCUT2D eigenvalue weighted by Gasteiger charge is -2.10. The highest BCUT2D eigenvalue weighted by atomic mass is 32.1. The van der Waals surface area contributed by atoms with Crippen molar-refractivity contribution in [3.05, 3.63) is 67.6 Å². The van der Waals surface area contributed by atoms with Crippen LogP contribution in [0, 0.1) is 17.0 Å². The Morgan fingerprint density at radius 2 is 2.00 bits per heavy atom. The molecule has 0 aliphatic heterocycles.